The molecule has 0 radical (unpaired) electrons. The van der Waals surface area contributed by atoms with Crippen LogP contribution in [0, 0.1) is 5.82 Å². The number of amidine groups is 1. The zero-order chi connectivity index (χ0) is 23.9. The molecular weight excluding hydrogens is 453 g/mol. The highest BCUT2D eigenvalue weighted by atomic mass is 32.2. The highest BCUT2D eigenvalue weighted by Gasteiger charge is 2.39. The Balaban J connectivity index is 1.47. The topological polar surface area (TPSA) is 71.0 Å². The van der Waals surface area contributed by atoms with Crippen molar-refractivity contribution in [3.05, 3.63) is 90.2 Å². The van der Waals surface area contributed by atoms with E-state index in [4.69, 9.17) is 4.74 Å². The van der Waals surface area contributed by atoms with Gasteiger partial charge >= 0.3 is 0 Å². The van der Waals surface area contributed by atoms with Gasteiger partial charge in [-0.3, -0.25) is 14.5 Å². The van der Waals surface area contributed by atoms with E-state index >= 15 is 0 Å². The van der Waals surface area contributed by atoms with Gasteiger partial charge in [0.15, 0.2) is 5.17 Å². The van der Waals surface area contributed by atoms with E-state index in [9.17, 15) is 14.0 Å². The molecule has 6 nitrogen and oxygen atoms in total. The number of ether oxygens (including phenoxy) is 1. The van der Waals surface area contributed by atoms with Crippen molar-refractivity contribution in [3.63, 3.8) is 0 Å². The van der Waals surface area contributed by atoms with Crippen LogP contribution in [0.25, 0.3) is 0 Å². The number of halogens is 1. The Morgan fingerprint density at radius 3 is 2.44 bits per heavy atom. The van der Waals surface area contributed by atoms with Crippen LogP contribution in [0.2, 0.25) is 0 Å². The van der Waals surface area contributed by atoms with Crippen molar-refractivity contribution in [2.45, 2.75) is 18.1 Å². The molecule has 1 N–H and O–H groups in total. The summed E-state index contributed by atoms with van der Waals surface area (Å²) in [4.78, 5) is 32.1. The van der Waals surface area contributed by atoms with Gasteiger partial charge in [0.1, 0.15) is 16.8 Å². The molecule has 3 aromatic rings. The summed E-state index contributed by atoms with van der Waals surface area (Å²) in [6.07, 6.45) is 0.631. The fraction of sp³-hybridized carbons (Fsp3) is 0.192. The lowest BCUT2D eigenvalue weighted by Gasteiger charge is -2.16. The first-order valence-electron chi connectivity index (χ1n) is 10.8. The van der Waals surface area contributed by atoms with E-state index in [1.165, 1.54) is 36.0 Å². The molecule has 0 aromatic heterocycles. The van der Waals surface area contributed by atoms with Crippen LogP contribution in [-0.2, 0) is 16.0 Å². The molecule has 2 amide bonds. The molecule has 0 aliphatic carbocycles. The Morgan fingerprint density at radius 1 is 1.06 bits per heavy atom. The molecule has 1 fully saturated rings. The van der Waals surface area contributed by atoms with Gasteiger partial charge in [-0.25, -0.2) is 9.38 Å². The summed E-state index contributed by atoms with van der Waals surface area (Å²) in [6.45, 7) is 0.444. The fourth-order valence-electron chi connectivity index (χ4n) is 3.49. The lowest BCUT2D eigenvalue weighted by Crippen LogP contribution is -2.35. The minimum Gasteiger partial charge on any atom is -0.497 e. The number of carbonyl (C=O) groups is 2. The smallest absolute Gasteiger partial charge is 0.242 e. The van der Waals surface area contributed by atoms with E-state index in [0.717, 1.165) is 17.0 Å². The van der Waals surface area contributed by atoms with Crippen LogP contribution in [0.15, 0.2) is 83.9 Å². The zero-order valence-corrected chi connectivity index (χ0v) is 19.4. The van der Waals surface area contributed by atoms with E-state index < -0.39 is 5.25 Å². The number of benzene rings is 3. The number of thioether (sulfide) groups is 1. The minimum atomic E-state index is -0.584. The lowest BCUT2D eigenvalue weighted by molar-refractivity contribution is -0.128. The number of hydrogen-bond acceptors (Lipinski definition) is 5. The van der Waals surface area contributed by atoms with Crippen LogP contribution >= 0.6 is 11.8 Å². The van der Waals surface area contributed by atoms with E-state index in [-0.39, 0.29) is 24.1 Å². The van der Waals surface area contributed by atoms with Crippen LogP contribution in [0.3, 0.4) is 0 Å². The molecule has 1 saturated heterocycles. The average Bonchev–Trinajstić information content (AvgIpc) is 3.13. The first kappa shape index (κ1) is 23.5. The molecule has 0 saturated carbocycles. The number of amides is 2. The van der Waals surface area contributed by atoms with Crippen LogP contribution in [-0.4, -0.2) is 40.8 Å². The molecule has 4 rings (SSSR count). The monoisotopic (exact) mass is 477 g/mol. The Morgan fingerprint density at radius 2 is 1.76 bits per heavy atom. The molecule has 1 unspecified atom stereocenters. The van der Waals surface area contributed by atoms with Crippen molar-refractivity contribution >= 4 is 40.1 Å². The van der Waals surface area contributed by atoms with Crippen LogP contribution in [0.4, 0.5) is 15.8 Å². The first-order valence-corrected chi connectivity index (χ1v) is 11.7. The maximum Gasteiger partial charge on any atom is 0.242 e. The third-order valence-electron chi connectivity index (χ3n) is 5.28. The average molecular weight is 478 g/mol. The highest BCUT2D eigenvalue weighted by molar-refractivity contribution is 8.15. The second kappa shape index (κ2) is 11.0. The summed E-state index contributed by atoms with van der Waals surface area (Å²) in [5.41, 5.74) is 2.29. The summed E-state index contributed by atoms with van der Waals surface area (Å²) in [5, 5.41) is 2.71. The van der Waals surface area contributed by atoms with E-state index in [0.29, 0.717) is 23.8 Å². The molecule has 0 bridgehead atoms. The third-order valence-corrected chi connectivity index (χ3v) is 6.46. The van der Waals surface area contributed by atoms with Crippen LogP contribution < -0.4 is 10.1 Å². The van der Waals surface area contributed by atoms with Crippen molar-refractivity contribution in [2.24, 2.45) is 4.99 Å². The SMILES string of the molecule is COc1ccc(CCN2C(=O)C(CC(=O)Nc3ccc(F)cc3)SC2=Nc2ccccc2)cc1. The summed E-state index contributed by atoms with van der Waals surface area (Å²) >= 11 is 1.29. The highest BCUT2D eigenvalue weighted by Crippen LogP contribution is 2.32. The summed E-state index contributed by atoms with van der Waals surface area (Å²) in [6, 6.07) is 22.6. The van der Waals surface area contributed by atoms with Crippen molar-refractivity contribution < 1.29 is 18.7 Å². The normalized spacial score (nSPS) is 16.6. The lowest BCUT2D eigenvalue weighted by atomic mass is 10.1. The van der Waals surface area contributed by atoms with Crippen molar-refractivity contribution in [3.8, 4) is 5.75 Å². The predicted molar refractivity (Wildman–Crippen MR) is 133 cm³/mol. The molecule has 0 spiro atoms. The molecule has 34 heavy (non-hydrogen) atoms. The standard InChI is InChI=1S/C26H24FN3O3S/c1-33-22-13-7-18(8-14-22)15-16-30-25(32)23(34-26(30)29-20-5-3-2-4-6-20)17-24(31)28-21-11-9-19(27)10-12-21/h2-14,23H,15-17H2,1H3,(H,28,31). The molecule has 8 heteroatoms. The number of methoxy groups -OCH3 is 1. The maximum atomic E-state index is 13.2. The number of anilines is 1. The largest absolute Gasteiger partial charge is 0.497 e. The molecular formula is C26H24FN3O3S. The number of carbonyl (C=O) groups excluding carboxylic acids is 2. The Kier molecular flexibility index (Phi) is 7.59. The number of nitrogens with zero attached hydrogens (tertiary/aromatic N) is 2. The summed E-state index contributed by atoms with van der Waals surface area (Å²) in [5.74, 6) is -0.0696. The van der Waals surface area contributed by atoms with Gasteiger partial charge in [0.05, 0.1) is 12.8 Å². The number of para-hydroxylation sites is 1. The van der Waals surface area contributed by atoms with E-state index in [1.807, 2.05) is 54.6 Å². The predicted octanol–water partition coefficient (Wildman–Crippen LogP) is 5.04. The number of rotatable bonds is 8. The van der Waals surface area contributed by atoms with E-state index in [2.05, 4.69) is 10.3 Å². The molecule has 3 aromatic carbocycles. The molecule has 1 atom stereocenters. The Hall–Kier alpha value is -3.65. The van der Waals surface area contributed by atoms with Crippen molar-refractivity contribution in [2.75, 3.05) is 19.0 Å². The van der Waals surface area contributed by atoms with Gasteiger partial charge in [-0.1, -0.05) is 42.1 Å². The van der Waals surface area contributed by atoms with Crippen molar-refractivity contribution in [1.29, 1.82) is 0 Å². The minimum absolute atomic E-state index is 0.00623. The summed E-state index contributed by atoms with van der Waals surface area (Å²) in [7, 11) is 1.62. The van der Waals surface area contributed by atoms with Gasteiger partial charge in [0.25, 0.3) is 0 Å². The maximum absolute atomic E-state index is 13.2. The number of hydrogen-bond donors (Lipinski definition) is 1. The quantitative estimate of drug-likeness (QED) is 0.494. The fourth-order valence-corrected chi connectivity index (χ4v) is 4.67. The van der Waals surface area contributed by atoms with Gasteiger partial charge in [-0.2, -0.15) is 0 Å². The van der Waals surface area contributed by atoms with Gasteiger partial charge < -0.3 is 10.1 Å². The van der Waals surface area contributed by atoms with Gasteiger partial charge in [-0.05, 0) is 60.5 Å². The van der Waals surface area contributed by atoms with Crippen LogP contribution in [0.1, 0.15) is 12.0 Å². The van der Waals surface area contributed by atoms with Crippen molar-refractivity contribution in [1.82, 2.24) is 4.90 Å². The second-order valence-electron chi connectivity index (χ2n) is 7.68. The first-order chi connectivity index (χ1) is 16.5. The number of aliphatic imine (C=N–C) groups is 1. The Bertz CT molecular complexity index is 1170. The van der Waals surface area contributed by atoms with Crippen LogP contribution in [0.5, 0.6) is 5.75 Å². The molecule has 1 aliphatic heterocycles. The number of nitrogens with one attached hydrogen (secondary N) is 1. The molecule has 174 valence electrons. The third kappa shape index (κ3) is 6.02. The van der Waals surface area contributed by atoms with Gasteiger partial charge in [-0.15, -0.1) is 0 Å². The molecule has 1 heterocycles. The van der Waals surface area contributed by atoms with E-state index in [1.54, 1.807) is 12.0 Å². The van der Waals surface area contributed by atoms with Gasteiger partial charge in [0, 0.05) is 18.7 Å². The molecule has 1 aliphatic rings. The van der Waals surface area contributed by atoms with Gasteiger partial charge in [0.2, 0.25) is 11.8 Å². The second-order valence-corrected chi connectivity index (χ2v) is 8.85. The summed E-state index contributed by atoms with van der Waals surface area (Å²) < 4.78 is 18.3. The Labute approximate surface area is 201 Å². The zero-order valence-electron chi connectivity index (χ0n) is 18.6.